The highest BCUT2D eigenvalue weighted by molar-refractivity contribution is 5.70. The van der Waals surface area contributed by atoms with Gasteiger partial charge in [0.05, 0.1) is 12.7 Å². The van der Waals surface area contributed by atoms with Crippen LogP contribution in [0.3, 0.4) is 0 Å². The van der Waals surface area contributed by atoms with Gasteiger partial charge in [-0.05, 0) is 50.9 Å². The van der Waals surface area contributed by atoms with Crippen molar-refractivity contribution in [3.63, 3.8) is 0 Å². The Morgan fingerprint density at radius 1 is 0.608 bits per heavy atom. The molecule has 0 aliphatic carbocycles. The summed E-state index contributed by atoms with van der Waals surface area (Å²) in [5.41, 5.74) is 0. The Morgan fingerprint density at radius 2 is 1.14 bits per heavy atom. The van der Waals surface area contributed by atoms with Gasteiger partial charge in [-0.15, -0.1) is 0 Å². The highest BCUT2D eigenvalue weighted by atomic mass is 16.6. The van der Waals surface area contributed by atoms with Crippen LogP contribution in [-0.2, 0) is 19.1 Å². The summed E-state index contributed by atoms with van der Waals surface area (Å²) in [6.07, 6.45) is 47.1. The fourth-order valence-corrected chi connectivity index (χ4v) is 5.44. The summed E-state index contributed by atoms with van der Waals surface area (Å²) in [6.45, 7) is 6.22. The molecule has 6 heteroatoms. The molecular weight excluding hydrogens is 636 g/mol. The molecule has 0 spiro atoms. The second-order valence-corrected chi connectivity index (χ2v) is 14.0. The summed E-state index contributed by atoms with van der Waals surface area (Å²) in [6, 6.07) is 0. The van der Waals surface area contributed by atoms with Crippen molar-refractivity contribution in [2.45, 2.75) is 181 Å². The summed E-state index contributed by atoms with van der Waals surface area (Å²) < 4.78 is 10.5. The number of esters is 2. The van der Waals surface area contributed by atoms with E-state index in [4.69, 9.17) is 9.47 Å². The van der Waals surface area contributed by atoms with Crippen molar-refractivity contribution in [3.8, 4) is 0 Å². The topological polar surface area (TPSA) is 93.1 Å². The van der Waals surface area contributed by atoms with E-state index >= 15 is 0 Å². The average molecular weight is 713 g/mol. The molecule has 0 saturated carbocycles. The number of aliphatic hydroxyl groups is 2. The zero-order valence-corrected chi connectivity index (χ0v) is 32.9. The van der Waals surface area contributed by atoms with Crippen LogP contribution >= 0.6 is 0 Å². The molecule has 0 aromatic heterocycles. The van der Waals surface area contributed by atoms with E-state index in [0.29, 0.717) is 19.3 Å². The quantitative estimate of drug-likeness (QED) is 0.0294. The summed E-state index contributed by atoms with van der Waals surface area (Å²) in [5, 5.41) is 19.7. The van der Waals surface area contributed by atoms with Crippen molar-refractivity contribution in [1.82, 2.24) is 0 Å². The minimum atomic E-state index is -0.856. The monoisotopic (exact) mass is 713 g/mol. The average Bonchev–Trinajstić information content (AvgIpc) is 3.11. The maximum atomic E-state index is 12.2. The van der Waals surface area contributed by atoms with E-state index < -0.39 is 24.8 Å². The van der Waals surface area contributed by atoms with Crippen LogP contribution in [0.5, 0.6) is 0 Å². The standard InChI is InChI=1S/C45H76O6/c1-4-5-6-7-8-9-10-13-17-20-23-26-30-35-42(47)36-31-28-33-38-45(49)51-43(39-46)40-50-44(48)37-32-27-24-21-18-15-12-11-14-16-19-22-25-29-34-41(2)3/h5-6,8-9,13,17,23,26,28,30-31,35,41-43,46-47H,4,7,10-12,14-16,18-22,24-25,27,29,32-34,36-40H2,1-3H3/b6-5-,9-8-,17-13-,26-23-,31-28-,35-30-/t42?,43-/m0/s1. The van der Waals surface area contributed by atoms with Crippen LogP contribution in [0.2, 0.25) is 0 Å². The Bertz CT molecular complexity index is 973. The van der Waals surface area contributed by atoms with Crippen LogP contribution in [0.15, 0.2) is 72.9 Å². The number of hydrogen-bond donors (Lipinski definition) is 2. The zero-order chi connectivity index (χ0) is 37.5. The van der Waals surface area contributed by atoms with Crippen molar-refractivity contribution in [2.75, 3.05) is 13.2 Å². The first-order valence-electron chi connectivity index (χ1n) is 20.5. The molecule has 0 radical (unpaired) electrons. The molecule has 51 heavy (non-hydrogen) atoms. The highest BCUT2D eigenvalue weighted by Crippen LogP contribution is 2.15. The molecule has 0 heterocycles. The van der Waals surface area contributed by atoms with Gasteiger partial charge in [-0.3, -0.25) is 9.59 Å². The van der Waals surface area contributed by atoms with Crippen molar-refractivity contribution >= 4 is 11.9 Å². The molecule has 0 aliphatic rings. The van der Waals surface area contributed by atoms with Gasteiger partial charge in [-0.1, -0.05) is 184 Å². The van der Waals surface area contributed by atoms with Crippen LogP contribution in [0.25, 0.3) is 0 Å². The summed E-state index contributed by atoms with van der Waals surface area (Å²) in [7, 11) is 0. The van der Waals surface area contributed by atoms with E-state index in [1.54, 1.807) is 6.08 Å². The van der Waals surface area contributed by atoms with Crippen molar-refractivity contribution < 1.29 is 29.3 Å². The lowest BCUT2D eigenvalue weighted by atomic mass is 10.0. The first kappa shape index (κ1) is 48.3. The van der Waals surface area contributed by atoms with E-state index in [-0.39, 0.29) is 19.0 Å². The van der Waals surface area contributed by atoms with Gasteiger partial charge in [-0.25, -0.2) is 0 Å². The maximum absolute atomic E-state index is 12.2. The molecule has 0 aromatic carbocycles. The molecule has 0 bridgehead atoms. The largest absolute Gasteiger partial charge is 0.462 e. The van der Waals surface area contributed by atoms with Gasteiger partial charge in [-0.2, -0.15) is 0 Å². The lowest BCUT2D eigenvalue weighted by Crippen LogP contribution is -2.28. The third-order valence-corrected chi connectivity index (χ3v) is 8.54. The van der Waals surface area contributed by atoms with E-state index in [9.17, 15) is 19.8 Å². The second kappa shape index (κ2) is 38.5. The Kier molecular flexibility index (Phi) is 36.5. The molecule has 0 aliphatic heterocycles. The van der Waals surface area contributed by atoms with E-state index in [2.05, 4.69) is 57.2 Å². The minimum absolute atomic E-state index is 0.132. The highest BCUT2D eigenvalue weighted by Gasteiger charge is 2.15. The van der Waals surface area contributed by atoms with Crippen molar-refractivity contribution in [3.05, 3.63) is 72.9 Å². The fourth-order valence-electron chi connectivity index (χ4n) is 5.44. The first-order valence-corrected chi connectivity index (χ1v) is 20.5. The minimum Gasteiger partial charge on any atom is -0.462 e. The molecule has 0 saturated heterocycles. The lowest BCUT2D eigenvalue weighted by Gasteiger charge is -2.15. The third-order valence-electron chi connectivity index (χ3n) is 8.54. The smallest absolute Gasteiger partial charge is 0.306 e. The number of allylic oxidation sites excluding steroid dienone is 10. The van der Waals surface area contributed by atoms with Crippen LogP contribution in [-0.4, -0.2) is 47.6 Å². The number of carbonyl (C=O) groups excluding carboxylic acids is 2. The number of unbranched alkanes of at least 4 members (excludes halogenated alkanes) is 13. The summed E-state index contributed by atoms with van der Waals surface area (Å²) in [4.78, 5) is 24.3. The molecular formula is C45H76O6. The number of hydrogen-bond acceptors (Lipinski definition) is 6. The second-order valence-electron chi connectivity index (χ2n) is 14.0. The van der Waals surface area contributed by atoms with Gasteiger partial charge in [0.15, 0.2) is 6.10 Å². The summed E-state index contributed by atoms with van der Waals surface area (Å²) >= 11 is 0. The van der Waals surface area contributed by atoms with Gasteiger partial charge in [0, 0.05) is 12.8 Å². The van der Waals surface area contributed by atoms with Crippen molar-refractivity contribution in [1.29, 1.82) is 0 Å². The molecule has 6 nitrogen and oxygen atoms in total. The molecule has 0 fully saturated rings. The molecule has 0 rings (SSSR count). The van der Waals surface area contributed by atoms with Gasteiger partial charge in [0.1, 0.15) is 6.61 Å². The molecule has 1 unspecified atom stereocenters. The summed E-state index contributed by atoms with van der Waals surface area (Å²) in [5.74, 6) is 0.0666. The molecule has 0 amide bonds. The predicted octanol–water partition coefficient (Wildman–Crippen LogP) is 11.8. The maximum Gasteiger partial charge on any atom is 0.306 e. The SMILES string of the molecule is CC/C=C\C/C=C\C/C=C\C/C=C\C=C/C(O)C/C=C\CCC(=O)O[C@@H](CO)COC(=O)CCCCCCCCCCCCCCCCC(C)C. The van der Waals surface area contributed by atoms with E-state index in [0.717, 1.165) is 50.9 Å². The van der Waals surface area contributed by atoms with Crippen LogP contribution in [0, 0.1) is 5.92 Å². The van der Waals surface area contributed by atoms with E-state index in [1.165, 1.54) is 77.0 Å². The Morgan fingerprint density at radius 3 is 1.69 bits per heavy atom. The number of carbonyl (C=O) groups is 2. The zero-order valence-electron chi connectivity index (χ0n) is 32.9. The van der Waals surface area contributed by atoms with Crippen LogP contribution in [0.1, 0.15) is 168 Å². The normalized spacial score (nSPS) is 13.7. The Labute approximate surface area is 313 Å². The molecule has 0 aromatic rings. The Hall–Kier alpha value is -2.70. The van der Waals surface area contributed by atoms with Gasteiger partial charge in [0.25, 0.3) is 0 Å². The van der Waals surface area contributed by atoms with Gasteiger partial charge in [0.2, 0.25) is 0 Å². The number of aliphatic hydroxyl groups excluding tert-OH is 2. The lowest BCUT2D eigenvalue weighted by molar-refractivity contribution is -0.161. The number of ether oxygens (including phenoxy) is 2. The molecule has 2 N–H and O–H groups in total. The molecule has 292 valence electrons. The van der Waals surface area contributed by atoms with Crippen molar-refractivity contribution in [2.24, 2.45) is 5.92 Å². The fraction of sp³-hybridized carbons (Fsp3) is 0.689. The third kappa shape index (κ3) is 38.4. The van der Waals surface area contributed by atoms with E-state index in [1.807, 2.05) is 30.4 Å². The first-order chi connectivity index (χ1) is 24.9. The van der Waals surface area contributed by atoms with Crippen LogP contribution in [0.4, 0.5) is 0 Å². The molecule has 2 atom stereocenters. The van der Waals surface area contributed by atoms with Gasteiger partial charge < -0.3 is 19.7 Å². The predicted molar refractivity (Wildman–Crippen MR) is 215 cm³/mol. The van der Waals surface area contributed by atoms with Crippen LogP contribution < -0.4 is 0 Å². The Balaban J connectivity index is 3.78. The van der Waals surface area contributed by atoms with Gasteiger partial charge >= 0.3 is 11.9 Å². The number of rotatable bonds is 35.